The van der Waals surface area contributed by atoms with Crippen LogP contribution in [-0.2, 0) is 0 Å². The number of aryl methyl sites for hydroxylation is 1. The van der Waals surface area contributed by atoms with Gasteiger partial charge < -0.3 is 10.1 Å². The van der Waals surface area contributed by atoms with Crippen molar-refractivity contribution in [2.24, 2.45) is 0 Å². The van der Waals surface area contributed by atoms with Crippen molar-refractivity contribution in [2.45, 2.75) is 45.1 Å². The number of hydrogen-bond donors (Lipinski definition) is 1. The van der Waals surface area contributed by atoms with Crippen molar-refractivity contribution in [3.05, 3.63) is 18.1 Å². The Morgan fingerprint density at radius 2 is 2.24 bits per heavy atom. The molecule has 1 aromatic rings. The molecule has 2 rings (SSSR count). The first-order valence-electron chi connectivity index (χ1n) is 6.50. The summed E-state index contributed by atoms with van der Waals surface area (Å²) in [7, 11) is 0. The third kappa shape index (κ3) is 3.97. The lowest BCUT2D eigenvalue weighted by atomic mass is 10.0. The lowest BCUT2D eigenvalue weighted by Gasteiger charge is -2.23. The van der Waals surface area contributed by atoms with E-state index in [1.54, 1.807) is 12.4 Å². The first kappa shape index (κ1) is 12.3. The third-order valence-electron chi connectivity index (χ3n) is 3.18. The smallest absolute Gasteiger partial charge is 0.235 e. The third-order valence-corrected chi connectivity index (χ3v) is 3.18. The summed E-state index contributed by atoms with van der Waals surface area (Å²) in [5, 5.41) is 3.55. The quantitative estimate of drug-likeness (QED) is 0.794. The number of nitrogens with zero attached hydrogens (tertiary/aromatic N) is 2. The van der Waals surface area contributed by atoms with Gasteiger partial charge in [0.05, 0.1) is 12.3 Å². The molecule has 1 aliphatic rings. The van der Waals surface area contributed by atoms with Crippen molar-refractivity contribution in [1.82, 2.24) is 15.3 Å². The van der Waals surface area contributed by atoms with Crippen LogP contribution >= 0.6 is 0 Å². The van der Waals surface area contributed by atoms with E-state index < -0.39 is 0 Å². The topological polar surface area (TPSA) is 47.0 Å². The zero-order valence-electron chi connectivity index (χ0n) is 10.5. The summed E-state index contributed by atoms with van der Waals surface area (Å²) in [5.74, 6) is 0.670. The molecule has 0 saturated carbocycles. The SMILES string of the molecule is Cc1nccnc1OCCC[C@@H]1CCCCN1. The molecule has 2 heterocycles. The molecule has 0 radical (unpaired) electrons. The van der Waals surface area contributed by atoms with Crippen molar-refractivity contribution >= 4 is 0 Å². The zero-order valence-corrected chi connectivity index (χ0v) is 10.5. The fraction of sp³-hybridized carbons (Fsp3) is 0.692. The Morgan fingerprint density at radius 3 is 3.00 bits per heavy atom. The highest BCUT2D eigenvalue weighted by molar-refractivity contribution is 5.14. The summed E-state index contributed by atoms with van der Waals surface area (Å²) in [6, 6.07) is 0.690. The molecule has 4 nitrogen and oxygen atoms in total. The van der Waals surface area contributed by atoms with E-state index >= 15 is 0 Å². The summed E-state index contributed by atoms with van der Waals surface area (Å²) in [4.78, 5) is 8.31. The maximum atomic E-state index is 5.63. The Morgan fingerprint density at radius 1 is 1.35 bits per heavy atom. The molecule has 0 aromatic carbocycles. The second kappa shape index (κ2) is 6.55. The predicted octanol–water partition coefficient (Wildman–Crippen LogP) is 2.09. The van der Waals surface area contributed by atoms with E-state index in [0.29, 0.717) is 11.9 Å². The largest absolute Gasteiger partial charge is 0.476 e. The van der Waals surface area contributed by atoms with E-state index in [0.717, 1.165) is 18.7 Å². The monoisotopic (exact) mass is 235 g/mol. The molecule has 17 heavy (non-hydrogen) atoms. The minimum atomic E-state index is 0.670. The van der Waals surface area contributed by atoms with Gasteiger partial charge in [-0.05, 0) is 39.2 Å². The van der Waals surface area contributed by atoms with Crippen LogP contribution in [0.25, 0.3) is 0 Å². The molecule has 94 valence electrons. The van der Waals surface area contributed by atoms with Crippen molar-refractivity contribution in [3.8, 4) is 5.88 Å². The molecule has 1 aromatic heterocycles. The van der Waals surface area contributed by atoms with Crippen LogP contribution in [0.2, 0.25) is 0 Å². The van der Waals surface area contributed by atoms with E-state index in [1.165, 1.54) is 32.2 Å². The minimum absolute atomic E-state index is 0.670. The van der Waals surface area contributed by atoms with Gasteiger partial charge in [-0.3, -0.25) is 4.98 Å². The molecule has 0 bridgehead atoms. The van der Waals surface area contributed by atoms with Crippen LogP contribution < -0.4 is 10.1 Å². The van der Waals surface area contributed by atoms with Gasteiger partial charge in [-0.25, -0.2) is 4.98 Å². The Hall–Kier alpha value is -1.16. The number of ether oxygens (including phenoxy) is 1. The summed E-state index contributed by atoms with van der Waals surface area (Å²) >= 11 is 0. The number of rotatable bonds is 5. The van der Waals surface area contributed by atoms with Crippen LogP contribution in [0.5, 0.6) is 5.88 Å². The van der Waals surface area contributed by atoms with Crippen molar-refractivity contribution in [3.63, 3.8) is 0 Å². The van der Waals surface area contributed by atoms with Gasteiger partial charge in [0, 0.05) is 18.4 Å². The standard InChI is InChI=1S/C13H21N3O/c1-11-13(16-9-8-14-11)17-10-4-6-12-5-2-3-7-15-12/h8-9,12,15H,2-7,10H2,1H3/t12-/m0/s1. The van der Waals surface area contributed by atoms with E-state index in [-0.39, 0.29) is 0 Å². The van der Waals surface area contributed by atoms with Crippen LogP contribution in [0.4, 0.5) is 0 Å². The van der Waals surface area contributed by atoms with E-state index in [4.69, 9.17) is 4.74 Å². The Bertz CT molecular complexity index is 337. The molecule has 1 saturated heterocycles. The average molecular weight is 235 g/mol. The van der Waals surface area contributed by atoms with E-state index in [9.17, 15) is 0 Å². The zero-order chi connectivity index (χ0) is 11.9. The van der Waals surface area contributed by atoms with Crippen molar-refractivity contribution in [2.75, 3.05) is 13.2 Å². The highest BCUT2D eigenvalue weighted by Gasteiger charge is 2.11. The Balaban J connectivity index is 1.64. The maximum absolute atomic E-state index is 5.63. The fourth-order valence-corrected chi connectivity index (χ4v) is 2.21. The molecule has 4 heteroatoms. The molecule has 1 atom stereocenters. The molecule has 1 fully saturated rings. The first-order chi connectivity index (χ1) is 8.36. The van der Waals surface area contributed by atoms with E-state index in [2.05, 4.69) is 15.3 Å². The molecule has 0 spiro atoms. The van der Waals surface area contributed by atoms with Gasteiger partial charge >= 0.3 is 0 Å². The summed E-state index contributed by atoms with van der Waals surface area (Å²) in [6.45, 7) is 3.83. The van der Waals surface area contributed by atoms with Gasteiger partial charge in [-0.15, -0.1) is 0 Å². The van der Waals surface area contributed by atoms with Crippen LogP contribution in [0, 0.1) is 6.92 Å². The van der Waals surface area contributed by atoms with Crippen LogP contribution in [0.15, 0.2) is 12.4 Å². The second-order valence-electron chi connectivity index (χ2n) is 4.58. The van der Waals surface area contributed by atoms with Gasteiger partial charge in [-0.1, -0.05) is 6.42 Å². The molecule has 0 amide bonds. The molecule has 0 unspecified atom stereocenters. The van der Waals surface area contributed by atoms with Gasteiger partial charge in [0.1, 0.15) is 0 Å². The average Bonchev–Trinajstić information content (AvgIpc) is 2.38. The number of aromatic nitrogens is 2. The van der Waals surface area contributed by atoms with Gasteiger partial charge in [0.25, 0.3) is 0 Å². The number of piperidine rings is 1. The van der Waals surface area contributed by atoms with Crippen LogP contribution in [0.3, 0.4) is 0 Å². The lowest BCUT2D eigenvalue weighted by molar-refractivity contribution is 0.274. The summed E-state index contributed by atoms with van der Waals surface area (Å²) in [5.41, 5.74) is 0.864. The Labute approximate surface area is 103 Å². The molecular formula is C13H21N3O. The summed E-state index contributed by atoms with van der Waals surface area (Å²) in [6.07, 6.45) is 9.63. The second-order valence-corrected chi connectivity index (χ2v) is 4.58. The van der Waals surface area contributed by atoms with Gasteiger partial charge in [0.15, 0.2) is 0 Å². The van der Waals surface area contributed by atoms with Crippen molar-refractivity contribution in [1.29, 1.82) is 0 Å². The lowest BCUT2D eigenvalue weighted by Crippen LogP contribution is -2.34. The van der Waals surface area contributed by atoms with E-state index in [1.807, 2.05) is 6.92 Å². The van der Waals surface area contributed by atoms with Crippen LogP contribution in [-0.4, -0.2) is 29.2 Å². The van der Waals surface area contributed by atoms with Crippen LogP contribution in [0.1, 0.15) is 37.8 Å². The highest BCUT2D eigenvalue weighted by Crippen LogP contribution is 2.13. The predicted molar refractivity (Wildman–Crippen MR) is 67.1 cm³/mol. The van der Waals surface area contributed by atoms with Crippen molar-refractivity contribution < 1.29 is 4.74 Å². The summed E-state index contributed by atoms with van der Waals surface area (Å²) < 4.78 is 5.63. The normalized spacial score (nSPS) is 20.2. The molecular weight excluding hydrogens is 214 g/mol. The first-order valence-corrected chi connectivity index (χ1v) is 6.50. The molecule has 1 aliphatic heterocycles. The highest BCUT2D eigenvalue weighted by atomic mass is 16.5. The van der Waals surface area contributed by atoms with Gasteiger partial charge in [0.2, 0.25) is 5.88 Å². The fourth-order valence-electron chi connectivity index (χ4n) is 2.21. The maximum Gasteiger partial charge on any atom is 0.235 e. The minimum Gasteiger partial charge on any atom is -0.476 e. The number of hydrogen-bond acceptors (Lipinski definition) is 4. The molecule has 0 aliphatic carbocycles. The Kier molecular flexibility index (Phi) is 4.74. The number of nitrogens with one attached hydrogen (secondary N) is 1. The van der Waals surface area contributed by atoms with Gasteiger partial charge in [-0.2, -0.15) is 0 Å². The molecule has 1 N–H and O–H groups in total.